The Morgan fingerprint density at radius 1 is 1.19 bits per heavy atom. The van der Waals surface area contributed by atoms with Crippen molar-refractivity contribution in [2.24, 2.45) is 5.92 Å². The number of aryl methyl sites for hydroxylation is 1. The standard InChI is InChI=1S/C19H29N3O3S/c23-19(21-12-10-17-9-11-20-15-17)8-5-16-3-6-18(7-4-16)26(24,25)22-13-1-2-14-22/h3-4,6-7,17,20H,1-2,5,8-15H2,(H,21,23). The average molecular weight is 380 g/mol. The van der Waals surface area contributed by atoms with Crippen LogP contribution in [-0.4, -0.2) is 51.4 Å². The molecule has 7 heteroatoms. The molecule has 0 spiro atoms. The molecule has 0 saturated carbocycles. The molecule has 3 rings (SSSR count). The van der Waals surface area contributed by atoms with Crippen molar-refractivity contribution in [1.29, 1.82) is 0 Å². The molecular weight excluding hydrogens is 350 g/mol. The number of carbonyl (C=O) groups is 1. The summed E-state index contributed by atoms with van der Waals surface area (Å²) < 4.78 is 26.5. The molecule has 0 aliphatic carbocycles. The van der Waals surface area contributed by atoms with Crippen LogP contribution < -0.4 is 10.6 Å². The van der Waals surface area contributed by atoms with Crippen LogP contribution in [0.2, 0.25) is 0 Å². The highest BCUT2D eigenvalue weighted by molar-refractivity contribution is 7.89. The quantitative estimate of drug-likeness (QED) is 0.718. The summed E-state index contributed by atoms with van der Waals surface area (Å²) in [6, 6.07) is 6.96. The van der Waals surface area contributed by atoms with E-state index in [2.05, 4.69) is 10.6 Å². The fourth-order valence-electron chi connectivity index (χ4n) is 3.63. The number of carbonyl (C=O) groups excluding carboxylic acids is 1. The van der Waals surface area contributed by atoms with Crippen LogP contribution in [0.15, 0.2) is 29.2 Å². The summed E-state index contributed by atoms with van der Waals surface area (Å²) in [6.45, 7) is 4.10. The zero-order valence-electron chi connectivity index (χ0n) is 15.2. The van der Waals surface area contributed by atoms with E-state index in [4.69, 9.17) is 0 Å². The first-order chi connectivity index (χ1) is 12.6. The molecular formula is C19H29N3O3S. The van der Waals surface area contributed by atoms with Gasteiger partial charge in [0.2, 0.25) is 15.9 Å². The van der Waals surface area contributed by atoms with E-state index < -0.39 is 10.0 Å². The molecule has 2 saturated heterocycles. The summed E-state index contributed by atoms with van der Waals surface area (Å²) in [6.07, 6.45) is 5.15. The lowest BCUT2D eigenvalue weighted by Crippen LogP contribution is -2.27. The zero-order chi connectivity index (χ0) is 18.4. The van der Waals surface area contributed by atoms with Gasteiger partial charge in [0.1, 0.15) is 0 Å². The van der Waals surface area contributed by atoms with E-state index in [1.54, 1.807) is 16.4 Å². The molecule has 0 radical (unpaired) electrons. The Morgan fingerprint density at radius 2 is 1.92 bits per heavy atom. The molecule has 1 amide bonds. The molecule has 2 aliphatic rings. The zero-order valence-corrected chi connectivity index (χ0v) is 16.1. The van der Waals surface area contributed by atoms with E-state index in [1.165, 1.54) is 6.42 Å². The number of amides is 1. The third kappa shape index (κ3) is 5.05. The van der Waals surface area contributed by atoms with Gasteiger partial charge in [-0.25, -0.2) is 8.42 Å². The Kier molecular flexibility index (Phi) is 6.67. The first-order valence-electron chi connectivity index (χ1n) is 9.62. The summed E-state index contributed by atoms with van der Waals surface area (Å²) >= 11 is 0. The lowest BCUT2D eigenvalue weighted by Gasteiger charge is -2.15. The van der Waals surface area contributed by atoms with Crippen molar-refractivity contribution in [2.45, 2.75) is 43.4 Å². The van der Waals surface area contributed by atoms with Gasteiger partial charge in [0, 0.05) is 26.1 Å². The van der Waals surface area contributed by atoms with Gasteiger partial charge in [-0.3, -0.25) is 4.79 Å². The third-order valence-electron chi connectivity index (χ3n) is 5.30. The molecule has 1 atom stereocenters. The number of benzene rings is 1. The molecule has 2 fully saturated rings. The van der Waals surface area contributed by atoms with Gasteiger partial charge in [0.25, 0.3) is 0 Å². The average Bonchev–Trinajstić information content (AvgIpc) is 3.34. The molecule has 2 heterocycles. The van der Waals surface area contributed by atoms with Gasteiger partial charge in [0.15, 0.2) is 0 Å². The molecule has 2 aliphatic heterocycles. The Bertz CT molecular complexity index is 691. The van der Waals surface area contributed by atoms with Crippen molar-refractivity contribution in [1.82, 2.24) is 14.9 Å². The van der Waals surface area contributed by atoms with E-state index in [0.717, 1.165) is 44.5 Å². The first-order valence-corrected chi connectivity index (χ1v) is 11.1. The maximum absolute atomic E-state index is 12.5. The van der Waals surface area contributed by atoms with E-state index >= 15 is 0 Å². The van der Waals surface area contributed by atoms with Gasteiger partial charge >= 0.3 is 0 Å². The van der Waals surface area contributed by atoms with Gasteiger partial charge in [-0.05, 0) is 68.8 Å². The molecule has 26 heavy (non-hydrogen) atoms. The van der Waals surface area contributed by atoms with Gasteiger partial charge in [-0.1, -0.05) is 12.1 Å². The van der Waals surface area contributed by atoms with Crippen LogP contribution in [0.4, 0.5) is 0 Å². The normalized spacial score (nSPS) is 21.2. The van der Waals surface area contributed by atoms with Gasteiger partial charge in [0.05, 0.1) is 4.90 Å². The smallest absolute Gasteiger partial charge is 0.243 e. The molecule has 0 aromatic heterocycles. The van der Waals surface area contributed by atoms with Crippen molar-refractivity contribution >= 4 is 15.9 Å². The SMILES string of the molecule is O=C(CCc1ccc(S(=O)(=O)N2CCCC2)cc1)NCCC1CCNC1. The fraction of sp³-hybridized carbons (Fsp3) is 0.632. The Balaban J connectivity index is 1.43. The molecule has 1 unspecified atom stereocenters. The lowest BCUT2D eigenvalue weighted by molar-refractivity contribution is -0.121. The van der Waals surface area contributed by atoms with Crippen molar-refractivity contribution in [3.05, 3.63) is 29.8 Å². The predicted molar refractivity (Wildman–Crippen MR) is 101 cm³/mol. The Hall–Kier alpha value is -1.44. The topological polar surface area (TPSA) is 78.5 Å². The summed E-state index contributed by atoms with van der Waals surface area (Å²) in [5.41, 5.74) is 0.987. The first kappa shape index (κ1) is 19.3. The fourth-order valence-corrected chi connectivity index (χ4v) is 5.15. The van der Waals surface area contributed by atoms with Gasteiger partial charge in [-0.2, -0.15) is 4.31 Å². The van der Waals surface area contributed by atoms with Gasteiger partial charge in [-0.15, -0.1) is 0 Å². The molecule has 2 N–H and O–H groups in total. The van der Waals surface area contributed by atoms with Crippen LogP contribution in [0.25, 0.3) is 0 Å². The minimum Gasteiger partial charge on any atom is -0.356 e. The predicted octanol–water partition coefficient (Wildman–Crippen LogP) is 1.52. The van der Waals surface area contributed by atoms with Crippen molar-refractivity contribution < 1.29 is 13.2 Å². The van der Waals surface area contributed by atoms with Crippen LogP contribution in [0.1, 0.15) is 37.7 Å². The second kappa shape index (κ2) is 8.97. The number of nitrogens with one attached hydrogen (secondary N) is 2. The summed E-state index contributed by atoms with van der Waals surface area (Å²) in [5.74, 6) is 0.741. The highest BCUT2D eigenvalue weighted by Gasteiger charge is 2.26. The van der Waals surface area contributed by atoms with Crippen LogP contribution in [0.5, 0.6) is 0 Å². The van der Waals surface area contributed by atoms with E-state index in [0.29, 0.717) is 36.7 Å². The van der Waals surface area contributed by atoms with Crippen LogP contribution in [-0.2, 0) is 21.2 Å². The van der Waals surface area contributed by atoms with Crippen molar-refractivity contribution in [2.75, 3.05) is 32.7 Å². The Labute approximate surface area is 156 Å². The maximum atomic E-state index is 12.5. The van der Waals surface area contributed by atoms with E-state index in [-0.39, 0.29) is 5.91 Å². The Morgan fingerprint density at radius 3 is 2.58 bits per heavy atom. The number of rotatable bonds is 8. The van der Waals surface area contributed by atoms with E-state index in [1.807, 2.05) is 12.1 Å². The summed E-state index contributed by atoms with van der Waals surface area (Å²) in [7, 11) is -3.36. The lowest BCUT2D eigenvalue weighted by atomic mass is 10.1. The number of hydrogen-bond donors (Lipinski definition) is 2. The minimum absolute atomic E-state index is 0.0599. The molecule has 1 aromatic carbocycles. The summed E-state index contributed by atoms with van der Waals surface area (Å²) in [5, 5.41) is 6.31. The van der Waals surface area contributed by atoms with E-state index in [9.17, 15) is 13.2 Å². The van der Waals surface area contributed by atoms with Gasteiger partial charge < -0.3 is 10.6 Å². The second-order valence-corrected chi connectivity index (χ2v) is 9.19. The molecule has 144 valence electrons. The number of nitrogens with zero attached hydrogens (tertiary/aromatic N) is 1. The van der Waals surface area contributed by atoms with Crippen LogP contribution in [0, 0.1) is 5.92 Å². The highest BCUT2D eigenvalue weighted by Crippen LogP contribution is 2.21. The largest absolute Gasteiger partial charge is 0.356 e. The van der Waals surface area contributed by atoms with Crippen LogP contribution >= 0.6 is 0 Å². The second-order valence-electron chi connectivity index (χ2n) is 7.25. The number of sulfonamides is 1. The van der Waals surface area contributed by atoms with Crippen molar-refractivity contribution in [3.63, 3.8) is 0 Å². The maximum Gasteiger partial charge on any atom is 0.243 e. The third-order valence-corrected chi connectivity index (χ3v) is 7.22. The molecule has 6 nitrogen and oxygen atoms in total. The van der Waals surface area contributed by atoms with Crippen LogP contribution in [0.3, 0.4) is 0 Å². The molecule has 0 bridgehead atoms. The van der Waals surface area contributed by atoms with Crippen molar-refractivity contribution in [3.8, 4) is 0 Å². The number of hydrogen-bond acceptors (Lipinski definition) is 4. The highest BCUT2D eigenvalue weighted by atomic mass is 32.2. The monoisotopic (exact) mass is 379 g/mol. The minimum atomic E-state index is -3.36. The summed E-state index contributed by atoms with van der Waals surface area (Å²) in [4.78, 5) is 12.3. The molecule has 1 aromatic rings.